The van der Waals surface area contributed by atoms with Crippen LogP contribution in [0.1, 0.15) is 43.1 Å². The van der Waals surface area contributed by atoms with Crippen LogP contribution in [0.3, 0.4) is 0 Å². The summed E-state index contributed by atoms with van der Waals surface area (Å²) in [5.74, 6) is -0.150. The lowest BCUT2D eigenvalue weighted by molar-refractivity contribution is 0.0902. The van der Waals surface area contributed by atoms with Gasteiger partial charge in [0.2, 0.25) is 0 Å². The highest BCUT2D eigenvalue weighted by molar-refractivity contribution is 5.93. The van der Waals surface area contributed by atoms with Gasteiger partial charge < -0.3 is 10.4 Å². The van der Waals surface area contributed by atoms with E-state index in [0.717, 1.165) is 11.3 Å². The number of hydrogen-bond acceptors (Lipinski definition) is 3. The van der Waals surface area contributed by atoms with Gasteiger partial charge in [-0.3, -0.25) is 4.79 Å². The van der Waals surface area contributed by atoms with Gasteiger partial charge in [0.25, 0.3) is 5.91 Å². The Balaban J connectivity index is 2.03. The minimum absolute atomic E-state index is 0.150. The lowest BCUT2D eigenvalue weighted by Crippen LogP contribution is -2.35. The molecule has 1 atom stereocenters. The van der Waals surface area contributed by atoms with E-state index in [-0.39, 0.29) is 17.4 Å². The van der Waals surface area contributed by atoms with Crippen molar-refractivity contribution in [1.82, 2.24) is 15.1 Å². The molecule has 2 aromatic rings. The Morgan fingerprint density at radius 2 is 2.09 bits per heavy atom. The highest BCUT2D eigenvalue weighted by atomic mass is 16.3. The number of aryl methyl sites for hydroxylation is 1. The van der Waals surface area contributed by atoms with E-state index >= 15 is 0 Å². The van der Waals surface area contributed by atoms with Crippen molar-refractivity contribution < 1.29 is 9.90 Å². The van der Waals surface area contributed by atoms with Crippen molar-refractivity contribution in [3.63, 3.8) is 0 Å². The molecule has 23 heavy (non-hydrogen) atoms. The van der Waals surface area contributed by atoms with E-state index in [1.807, 2.05) is 45.0 Å². The number of nitrogens with one attached hydrogen (secondary N) is 1. The largest absolute Gasteiger partial charge is 0.393 e. The van der Waals surface area contributed by atoms with E-state index in [9.17, 15) is 9.90 Å². The number of nitrogens with zero attached hydrogens (tertiary/aromatic N) is 2. The average Bonchev–Trinajstić information content (AvgIpc) is 2.93. The number of carbonyl (C=O) groups is 1. The molecule has 1 amide bonds. The Bertz CT molecular complexity index is 674. The molecule has 5 heteroatoms. The Hall–Kier alpha value is -2.14. The van der Waals surface area contributed by atoms with E-state index in [2.05, 4.69) is 10.4 Å². The number of aliphatic hydroxyl groups excluding tert-OH is 1. The number of aliphatic hydroxyl groups is 1. The summed E-state index contributed by atoms with van der Waals surface area (Å²) in [6.45, 7) is 8.32. The van der Waals surface area contributed by atoms with Gasteiger partial charge in [0.05, 0.1) is 23.6 Å². The fourth-order valence-electron chi connectivity index (χ4n) is 2.69. The van der Waals surface area contributed by atoms with Gasteiger partial charge in [-0.25, -0.2) is 4.68 Å². The summed E-state index contributed by atoms with van der Waals surface area (Å²) in [6, 6.07) is 7.90. The lowest BCUT2D eigenvalue weighted by atomic mass is 9.87. The van der Waals surface area contributed by atoms with Gasteiger partial charge in [-0.15, -0.1) is 0 Å². The third-order valence-corrected chi connectivity index (χ3v) is 3.78. The maximum Gasteiger partial charge on any atom is 0.254 e. The SMILES string of the molecule is Cc1ccccc1-n1cc(C(=O)NCC(C)(C)CC(C)O)cn1. The summed E-state index contributed by atoms with van der Waals surface area (Å²) in [5.41, 5.74) is 2.43. The van der Waals surface area contributed by atoms with Crippen LogP contribution in [0.2, 0.25) is 0 Å². The van der Waals surface area contributed by atoms with Crippen LogP contribution >= 0.6 is 0 Å². The first-order chi connectivity index (χ1) is 10.8. The molecule has 0 aliphatic heterocycles. The van der Waals surface area contributed by atoms with Crippen LogP contribution < -0.4 is 5.32 Å². The van der Waals surface area contributed by atoms with Gasteiger partial charge in [-0.2, -0.15) is 5.10 Å². The molecule has 1 unspecified atom stereocenters. The van der Waals surface area contributed by atoms with Crippen molar-refractivity contribution in [3.8, 4) is 5.69 Å². The van der Waals surface area contributed by atoms with Crippen molar-refractivity contribution in [1.29, 1.82) is 0 Å². The van der Waals surface area contributed by atoms with Gasteiger partial charge in [0.1, 0.15) is 0 Å². The molecule has 2 N–H and O–H groups in total. The molecule has 1 aromatic heterocycles. The molecular formula is C18H25N3O2. The van der Waals surface area contributed by atoms with Crippen LogP contribution in [0.25, 0.3) is 5.69 Å². The fourth-order valence-corrected chi connectivity index (χ4v) is 2.69. The minimum atomic E-state index is -0.384. The maximum atomic E-state index is 12.3. The van der Waals surface area contributed by atoms with Crippen LogP contribution in [0.15, 0.2) is 36.7 Å². The van der Waals surface area contributed by atoms with Crippen molar-refractivity contribution >= 4 is 5.91 Å². The first-order valence-electron chi connectivity index (χ1n) is 7.85. The van der Waals surface area contributed by atoms with Crippen LogP contribution in [0, 0.1) is 12.3 Å². The molecular weight excluding hydrogens is 290 g/mol. The molecule has 0 aliphatic rings. The number of benzene rings is 1. The molecule has 0 bridgehead atoms. The third-order valence-electron chi connectivity index (χ3n) is 3.78. The molecule has 0 aliphatic carbocycles. The molecule has 1 heterocycles. The van der Waals surface area contributed by atoms with Gasteiger partial charge in [-0.1, -0.05) is 32.0 Å². The zero-order chi connectivity index (χ0) is 17.0. The summed E-state index contributed by atoms with van der Waals surface area (Å²) in [6.07, 6.45) is 3.56. The highest BCUT2D eigenvalue weighted by Crippen LogP contribution is 2.21. The molecule has 0 fully saturated rings. The molecule has 1 aromatic carbocycles. The molecule has 0 spiro atoms. The Labute approximate surface area is 137 Å². The molecule has 2 rings (SSSR count). The van der Waals surface area contributed by atoms with E-state index in [1.165, 1.54) is 0 Å². The van der Waals surface area contributed by atoms with Crippen molar-refractivity contribution in [2.75, 3.05) is 6.54 Å². The van der Waals surface area contributed by atoms with Gasteiger partial charge in [0.15, 0.2) is 0 Å². The zero-order valence-corrected chi connectivity index (χ0v) is 14.2. The predicted octanol–water partition coefficient (Wildman–Crippen LogP) is 2.71. The van der Waals surface area contributed by atoms with Crippen LogP contribution in [0.4, 0.5) is 0 Å². The lowest BCUT2D eigenvalue weighted by Gasteiger charge is -2.26. The smallest absolute Gasteiger partial charge is 0.254 e. The Morgan fingerprint density at radius 1 is 1.39 bits per heavy atom. The number of aromatic nitrogens is 2. The van der Waals surface area contributed by atoms with E-state index in [0.29, 0.717) is 18.5 Å². The number of hydrogen-bond donors (Lipinski definition) is 2. The van der Waals surface area contributed by atoms with Crippen LogP contribution in [-0.4, -0.2) is 33.4 Å². The van der Waals surface area contributed by atoms with E-state index < -0.39 is 0 Å². The molecule has 0 saturated heterocycles. The molecule has 0 radical (unpaired) electrons. The van der Waals surface area contributed by atoms with Crippen LogP contribution in [0.5, 0.6) is 0 Å². The maximum absolute atomic E-state index is 12.3. The highest BCUT2D eigenvalue weighted by Gasteiger charge is 2.21. The fraction of sp³-hybridized carbons (Fsp3) is 0.444. The zero-order valence-electron chi connectivity index (χ0n) is 14.2. The summed E-state index contributed by atoms with van der Waals surface area (Å²) in [7, 11) is 0. The Kier molecular flexibility index (Phi) is 5.21. The molecule has 124 valence electrons. The van der Waals surface area contributed by atoms with E-state index in [4.69, 9.17) is 0 Å². The average molecular weight is 315 g/mol. The van der Waals surface area contributed by atoms with E-state index in [1.54, 1.807) is 24.0 Å². The quantitative estimate of drug-likeness (QED) is 0.861. The summed E-state index contributed by atoms with van der Waals surface area (Å²) in [4.78, 5) is 12.3. The van der Waals surface area contributed by atoms with Crippen molar-refractivity contribution in [2.24, 2.45) is 5.41 Å². The third kappa shape index (κ3) is 4.66. The monoisotopic (exact) mass is 315 g/mol. The summed E-state index contributed by atoms with van der Waals surface area (Å²) < 4.78 is 1.71. The first kappa shape index (κ1) is 17.2. The standard InChI is InChI=1S/C18H25N3O2/c1-13-7-5-6-8-16(13)21-11-15(10-20-21)17(23)19-12-18(3,4)9-14(2)22/h5-8,10-11,14,22H,9,12H2,1-4H3,(H,19,23). The topological polar surface area (TPSA) is 67.2 Å². The summed E-state index contributed by atoms with van der Waals surface area (Å²) >= 11 is 0. The van der Waals surface area contributed by atoms with Crippen LogP contribution in [-0.2, 0) is 0 Å². The normalized spacial score (nSPS) is 12.9. The second kappa shape index (κ2) is 6.96. The number of amides is 1. The van der Waals surface area contributed by atoms with Gasteiger partial charge >= 0.3 is 0 Å². The first-order valence-corrected chi connectivity index (χ1v) is 7.85. The minimum Gasteiger partial charge on any atom is -0.393 e. The van der Waals surface area contributed by atoms with Crippen molar-refractivity contribution in [2.45, 2.75) is 40.2 Å². The second-order valence-electron chi connectivity index (χ2n) is 6.86. The number of rotatable bonds is 6. The molecule has 5 nitrogen and oxygen atoms in total. The summed E-state index contributed by atoms with van der Waals surface area (Å²) in [5, 5.41) is 16.7. The second-order valence-corrected chi connectivity index (χ2v) is 6.86. The Morgan fingerprint density at radius 3 is 2.74 bits per heavy atom. The van der Waals surface area contributed by atoms with Crippen molar-refractivity contribution in [3.05, 3.63) is 47.8 Å². The van der Waals surface area contributed by atoms with Gasteiger partial charge in [0, 0.05) is 12.7 Å². The molecule has 0 saturated carbocycles. The number of carbonyl (C=O) groups excluding carboxylic acids is 1. The number of para-hydroxylation sites is 1. The van der Waals surface area contributed by atoms with Gasteiger partial charge in [-0.05, 0) is 37.3 Å². The predicted molar refractivity (Wildman–Crippen MR) is 90.7 cm³/mol.